The number of hydrogen-bond donors (Lipinski definition) is 1. The van der Waals surface area contributed by atoms with Crippen molar-refractivity contribution in [2.75, 3.05) is 0 Å². The van der Waals surface area contributed by atoms with E-state index in [-0.39, 0.29) is 22.5 Å². The molecule has 2 aromatic rings. The Balaban J connectivity index is 2.49. The largest absolute Gasteiger partial charge is 0.507 e. The topological polar surface area (TPSA) is 67.5 Å². The Labute approximate surface area is 142 Å². The monoisotopic (exact) mass is 330 g/mol. The lowest BCUT2D eigenvalue weighted by atomic mass is 9.99. The van der Waals surface area contributed by atoms with Crippen LogP contribution < -0.4 is 5.43 Å². The van der Waals surface area contributed by atoms with E-state index in [1.165, 1.54) is 6.07 Å². The second-order valence-corrected chi connectivity index (χ2v) is 6.22. The molecule has 4 heteroatoms. The van der Waals surface area contributed by atoms with Gasteiger partial charge in [-0.05, 0) is 25.0 Å². The minimum Gasteiger partial charge on any atom is -0.507 e. The van der Waals surface area contributed by atoms with Crippen LogP contribution in [0.1, 0.15) is 74.9 Å². The lowest BCUT2D eigenvalue weighted by Gasteiger charge is -2.10. The van der Waals surface area contributed by atoms with E-state index in [0.29, 0.717) is 24.2 Å². The van der Waals surface area contributed by atoms with E-state index >= 15 is 0 Å². The molecule has 24 heavy (non-hydrogen) atoms. The average Bonchev–Trinajstić information content (AvgIpc) is 2.55. The van der Waals surface area contributed by atoms with Crippen LogP contribution in [0.25, 0.3) is 11.0 Å². The molecule has 0 radical (unpaired) electrons. The van der Waals surface area contributed by atoms with Gasteiger partial charge in [0.25, 0.3) is 0 Å². The minimum absolute atomic E-state index is 0.107. The molecule has 1 aromatic carbocycles. The summed E-state index contributed by atoms with van der Waals surface area (Å²) in [4.78, 5) is 25.4. The zero-order chi connectivity index (χ0) is 17.5. The Hall–Kier alpha value is -2.10. The molecule has 0 saturated heterocycles. The number of phenols is 1. The van der Waals surface area contributed by atoms with Crippen molar-refractivity contribution in [3.05, 3.63) is 39.7 Å². The van der Waals surface area contributed by atoms with Gasteiger partial charge in [-0.15, -0.1) is 0 Å². The average molecular weight is 330 g/mol. The number of phenolic OH excluding ortho intramolecular Hbond substituents is 1. The third-order valence-electron chi connectivity index (χ3n) is 4.26. The summed E-state index contributed by atoms with van der Waals surface area (Å²) in [6.45, 7) is 4.18. The number of aryl methyl sites for hydroxylation is 1. The number of Topliss-reactive ketones (excluding diaryl/α,β-unsaturated/α-hetero) is 1. The molecule has 4 nitrogen and oxygen atoms in total. The van der Waals surface area contributed by atoms with Crippen molar-refractivity contribution in [2.24, 2.45) is 0 Å². The van der Waals surface area contributed by atoms with Crippen LogP contribution in [-0.4, -0.2) is 10.9 Å². The van der Waals surface area contributed by atoms with Gasteiger partial charge < -0.3 is 9.52 Å². The van der Waals surface area contributed by atoms with Gasteiger partial charge in [0.2, 0.25) is 5.43 Å². The van der Waals surface area contributed by atoms with Crippen molar-refractivity contribution in [1.82, 2.24) is 0 Å². The molecular formula is C20H26O4. The quantitative estimate of drug-likeness (QED) is 0.519. The minimum atomic E-state index is -0.401. The van der Waals surface area contributed by atoms with Crippen LogP contribution in [0.5, 0.6) is 5.75 Å². The van der Waals surface area contributed by atoms with Gasteiger partial charge in [-0.3, -0.25) is 9.59 Å². The Morgan fingerprint density at radius 2 is 1.79 bits per heavy atom. The fourth-order valence-corrected chi connectivity index (χ4v) is 2.92. The predicted molar refractivity (Wildman–Crippen MR) is 95.9 cm³/mol. The molecule has 0 amide bonds. The Bertz CT molecular complexity index is 758. The first-order valence-electron chi connectivity index (χ1n) is 8.91. The van der Waals surface area contributed by atoms with Crippen LogP contribution in [0, 0.1) is 0 Å². The number of aromatic hydroxyl groups is 1. The maximum atomic E-state index is 12.8. The van der Waals surface area contributed by atoms with Crippen molar-refractivity contribution in [3.8, 4) is 5.75 Å². The van der Waals surface area contributed by atoms with Crippen LogP contribution in [0.4, 0.5) is 0 Å². The standard InChI is InChI=1S/C20H26O4/c1-3-5-7-10-14(21)18-16(12-8-6-4-2)24-17-13-9-11-15(22)19(17)20(18)23/h9,11,13,22H,3-8,10,12H2,1-2H3. The summed E-state index contributed by atoms with van der Waals surface area (Å²) >= 11 is 0. The third-order valence-corrected chi connectivity index (χ3v) is 4.26. The molecule has 1 heterocycles. The molecule has 0 atom stereocenters. The van der Waals surface area contributed by atoms with Gasteiger partial charge in [0.05, 0.1) is 0 Å². The van der Waals surface area contributed by atoms with Gasteiger partial charge in [0.15, 0.2) is 5.78 Å². The smallest absolute Gasteiger partial charge is 0.207 e. The summed E-state index contributed by atoms with van der Waals surface area (Å²) in [5.74, 6) is 0.158. The first-order valence-corrected chi connectivity index (χ1v) is 8.91. The Morgan fingerprint density at radius 1 is 1.08 bits per heavy atom. The molecule has 0 unspecified atom stereocenters. The van der Waals surface area contributed by atoms with Crippen LogP contribution in [0.15, 0.2) is 27.4 Å². The maximum absolute atomic E-state index is 12.8. The van der Waals surface area contributed by atoms with Crippen LogP contribution >= 0.6 is 0 Å². The van der Waals surface area contributed by atoms with E-state index in [2.05, 4.69) is 13.8 Å². The van der Waals surface area contributed by atoms with E-state index in [0.717, 1.165) is 38.5 Å². The molecule has 1 aromatic heterocycles. The first kappa shape index (κ1) is 18.2. The molecule has 130 valence electrons. The van der Waals surface area contributed by atoms with Crippen molar-refractivity contribution in [2.45, 2.75) is 65.2 Å². The molecule has 1 N–H and O–H groups in total. The number of carbonyl (C=O) groups is 1. The highest BCUT2D eigenvalue weighted by molar-refractivity contribution is 6.00. The van der Waals surface area contributed by atoms with Gasteiger partial charge in [-0.25, -0.2) is 0 Å². The van der Waals surface area contributed by atoms with E-state index in [9.17, 15) is 14.7 Å². The SMILES string of the molecule is CCCCCC(=O)c1c(CCCCC)oc2cccc(O)c2c1=O. The van der Waals surface area contributed by atoms with Crippen LogP contribution in [-0.2, 0) is 6.42 Å². The van der Waals surface area contributed by atoms with E-state index in [1.54, 1.807) is 12.1 Å². The second-order valence-electron chi connectivity index (χ2n) is 6.22. The fourth-order valence-electron chi connectivity index (χ4n) is 2.92. The molecule has 0 spiro atoms. The van der Waals surface area contributed by atoms with E-state index in [4.69, 9.17) is 4.42 Å². The zero-order valence-electron chi connectivity index (χ0n) is 14.6. The lowest BCUT2D eigenvalue weighted by molar-refractivity contribution is 0.0975. The maximum Gasteiger partial charge on any atom is 0.207 e. The van der Waals surface area contributed by atoms with Crippen LogP contribution in [0.2, 0.25) is 0 Å². The van der Waals surface area contributed by atoms with E-state index in [1.807, 2.05) is 0 Å². The number of rotatable bonds is 9. The fraction of sp³-hybridized carbons (Fsp3) is 0.500. The highest BCUT2D eigenvalue weighted by atomic mass is 16.3. The molecule has 0 aliphatic heterocycles. The second kappa shape index (κ2) is 8.67. The Kier molecular flexibility index (Phi) is 6.59. The highest BCUT2D eigenvalue weighted by Crippen LogP contribution is 2.25. The van der Waals surface area contributed by atoms with Gasteiger partial charge in [0.1, 0.15) is 28.0 Å². The van der Waals surface area contributed by atoms with Crippen LogP contribution in [0.3, 0.4) is 0 Å². The van der Waals surface area contributed by atoms with Crippen molar-refractivity contribution in [1.29, 1.82) is 0 Å². The summed E-state index contributed by atoms with van der Waals surface area (Å²) in [6, 6.07) is 4.74. The zero-order valence-corrected chi connectivity index (χ0v) is 14.6. The van der Waals surface area contributed by atoms with Gasteiger partial charge >= 0.3 is 0 Å². The number of benzene rings is 1. The van der Waals surface area contributed by atoms with E-state index < -0.39 is 5.43 Å². The molecule has 0 saturated carbocycles. The van der Waals surface area contributed by atoms with Crippen molar-refractivity contribution >= 4 is 16.8 Å². The Morgan fingerprint density at radius 3 is 2.50 bits per heavy atom. The molecular weight excluding hydrogens is 304 g/mol. The number of carbonyl (C=O) groups excluding carboxylic acids is 1. The lowest BCUT2D eigenvalue weighted by Crippen LogP contribution is -2.19. The number of unbranched alkanes of at least 4 members (excludes halogenated alkanes) is 4. The van der Waals surface area contributed by atoms with Gasteiger partial charge in [-0.1, -0.05) is 45.6 Å². The predicted octanol–water partition coefficient (Wildman–Crippen LogP) is 4.99. The van der Waals surface area contributed by atoms with Gasteiger partial charge in [0, 0.05) is 12.8 Å². The third kappa shape index (κ3) is 4.05. The molecule has 0 aliphatic carbocycles. The molecule has 0 aliphatic rings. The first-order chi connectivity index (χ1) is 11.6. The number of fused-ring (bicyclic) bond motifs is 1. The summed E-state index contributed by atoms with van der Waals surface area (Å²) in [6.07, 6.45) is 6.61. The van der Waals surface area contributed by atoms with Crippen molar-refractivity contribution < 1.29 is 14.3 Å². The summed E-state index contributed by atoms with van der Waals surface area (Å²) in [5.41, 5.74) is 0.0789. The van der Waals surface area contributed by atoms with Crippen molar-refractivity contribution in [3.63, 3.8) is 0 Å². The molecule has 0 bridgehead atoms. The highest BCUT2D eigenvalue weighted by Gasteiger charge is 2.21. The molecule has 0 fully saturated rings. The van der Waals surface area contributed by atoms with Gasteiger partial charge in [-0.2, -0.15) is 0 Å². The number of hydrogen-bond acceptors (Lipinski definition) is 4. The normalized spacial score (nSPS) is 11.1. The summed E-state index contributed by atoms with van der Waals surface area (Å²) < 4.78 is 5.85. The number of ketones is 1. The summed E-state index contributed by atoms with van der Waals surface area (Å²) in [7, 11) is 0. The molecule has 2 rings (SSSR count). The summed E-state index contributed by atoms with van der Waals surface area (Å²) in [5, 5.41) is 10.1.